The summed E-state index contributed by atoms with van der Waals surface area (Å²) in [5, 5.41) is 12.4. The monoisotopic (exact) mass is 1320 g/mol. The number of nitrogens with one attached hydrogen (secondary N) is 1. The number of fused-ring (bicyclic) bond motifs is 4. The maximum Gasteiger partial charge on any atom is 0.602 e. The first-order valence-corrected chi connectivity index (χ1v) is 30.9. The van der Waals surface area contributed by atoms with Gasteiger partial charge in [-0.15, -0.1) is 0 Å². The Morgan fingerprint density at radius 1 is 0.674 bits per heavy atom. The molecule has 2 N–H and O–H groups in total. The number of rotatable bonds is 10. The number of furan rings is 3. The first kappa shape index (κ1) is 66.6. The number of aldehydes is 1. The van der Waals surface area contributed by atoms with Crippen LogP contribution in [-0.4, -0.2) is 117 Å². The molecule has 3 amide bonds. The van der Waals surface area contributed by atoms with Gasteiger partial charge in [-0.2, -0.15) is 9.59 Å². The van der Waals surface area contributed by atoms with Crippen LogP contribution in [0.3, 0.4) is 0 Å². The third-order valence-corrected chi connectivity index (χ3v) is 15.2. The molecule has 12 rings (SSSR count). The molecule has 8 aromatic rings. The number of carbonyl (C=O) groups is 7. The van der Waals surface area contributed by atoms with Gasteiger partial charge in [0.05, 0.1) is 23.9 Å². The van der Waals surface area contributed by atoms with Crippen molar-refractivity contribution in [1.29, 1.82) is 0 Å². The van der Waals surface area contributed by atoms with Gasteiger partial charge in [0.25, 0.3) is 0 Å². The summed E-state index contributed by atoms with van der Waals surface area (Å²) in [5.41, 5.74) is 6.32. The van der Waals surface area contributed by atoms with Crippen LogP contribution in [0.15, 0.2) is 122 Å². The van der Waals surface area contributed by atoms with Crippen molar-refractivity contribution in [1.82, 2.24) is 29.8 Å². The number of aromatic carboxylic acids is 1. The van der Waals surface area contributed by atoms with Crippen molar-refractivity contribution in [3.05, 3.63) is 148 Å². The predicted molar refractivity (Wildman–Crippen MR) is 345 cm³/mol. The summed E-state index contributed by atoms with van der Waals surface area (Å²) in [5.74, 6) is 0.429. The summed E-state index contributed by atoms with van der Waals surface area (Å²) in [7, 11) is 1.64. The van der Waals surface area contributed by atoms with E-state index < -0.39 is 35.0 Å². The van der Waals surface area contributed by atoms with E-state index in [-0.39, 0.29) is 47.6 Å². The SMILES string of the molecule is CC(C)(C)OC(=O)[N+]1=CCc2cnc(-c3ccc(C=O)o3)cc21.CC(C)(C)OC(=O)[N+]1=CCc2ncc(Br)cc21.CC(C)(C)OC(=O)n1ccc2cnc(-c3ccc(C(=O)O)o3)cc21.CNC(=O)[C@@H](CC(=O)c1ccc(-c2cc3c(cn2)C=CC3)o1)C1CCCCC1. The Morgan fingerprint density at radius 3 is 1.91 bits per heavy atom. The highest BCUT2D eigenvalue weighted by Crippen LogP contribution is 2.35. The Balaban J connectivity index is 0.000000147. The topological polar surface area (TPSA) is 281 Å². The quantitative estimate of drug-likeness (QED) is 0.0557. The normalized spacial score (nSPS) is 14.3. The second-order valence-corrected chi connectivity index (χ2v) is 26.1. The molecule has 1 atom stereocenters. The van der Waals surface area contributed by atoms with Gasteiger partial charge in [-0.3, -0.25) is 38.9 Å². The van der Waals surface area contributed by atoms with Crippen molar-refractivity contribution in [2.24, 2.45) is 11.8 Å². The number of hydrogen-bond acceptors (Lipinski definition) is 17. The van der Waals surface area contributed by atoms with Gasteiger partial charge in [0.1, 0.15) is 39.6 Å². The number of halogens is 1. The molecule has 0 unspecified atom stereocenters. The van der Waals surface area contributed by atoms with Crippen molar-refractivity contribution < 1.29 is 75.3 Å². The molecule has 1 saturated carbocycles. The molecule has 0 saturated heterocycles. The minimum absolute atomic E-state index is 0.0418. The highest BCUT2D eigenvalue weighted by molar-refractivity contribution is 9.10. The summed E-state index contributed by atoms with van der Waals surface area (Å²) in [6.45, 7) is 16.4. The number of aromatic nitrogens is 5. The second kappa shape index (κ2) is 28.2. The Hall–Kier alpha value is -9.77. The molecule has 4 aliphatic rings. The zero-order chi connectivity index (χ0) is 66.2. The van der Waals surface area contributed by atoms with Gasteiger partial charge in [-0.05, 0) is 169 Å². The minimum Gasteiger partial charge on any atom is -0.475 e. The average Bonchev–Trinajstić information content (AvgIpc) is 1.66. The number of carboxylic acids is 1. The number of amides is 3. The molecule has 92 heavy (non-hydrogen) atoms. The molecular weight excluding hydrogens is 1240 g/mol. The van der Waals surface area contributed by atoms with E-state index in [1.54, 1.807) is 108 Å². The maximum absolute atomic E-state index is 12.8. The molecule has 1 fully saturated rings. The van der Waals surface area contributed by atoms with E-state index in [4.69, 9.17) is 32.6 Å². The van der Waals surface area contributed by atoms with Crippen molar-refractivity contribution in [3.8, 4) is 34.4 Å². The molecule has 2 aliphatic carbocycles. The number of ketones is 1. The molecule has 0 spiro atoms. The van der Waals surface area contributed by atoms with Crippen molar-refractivity contribution in [3.63, 3.8) is 0 Å². The zero-order valence-corrected chi connectivity index (χ0v) is 54.5. The van der Waals surface area contributed by atoms with Crippen LogP contribution in [0, 0.1) is 11.8 Å². The van der Waals surface area contributed by atoms with Crippen molar-refractivity contribution in [2.45, 2.75) is 137 Å². The van der Waals surface area contributed by atoms with Crippen LogP contribution < -0.4 is 5.32 Å². The fraction of sp³-hybridized carbons (Fsp3) is 0.348. The molecule has 0 radical (unpaired) electrons. The van der Waals surface area contributed by atoms with E-state index in [0.29, 0.717) is 64.8 Å². The van der Waals surface area contributed by atoms with Gasteiger partial charge < -0.3 is 37.9 Å². The average molecular weight is 1320 g/mol. The van der Waals surface area contributed by atoms with Gasteiger partial charge >= 0.3 is 24.2 Å². The lowest BCUT2D eigenvalue weighted by Gasteiger charge is -2.28. The van der Waals surface area contributed by atoms with Gasteiger partial charge in [0, 0.05) is 72.4 Å². The number of ether oxygens (including phenoxy) is 3. The summed E-state index contributed by atoms with van der Waals surface area (Å²) in [6.07, 6.45) is 23.4. The van der Waals surface area contributed by atoms with E-state index in [0.717, 1.165) is 70.2 Å². The number of carboxylic acid groups (broad SMARTS) is 1. The summed E-state index contributed by atoms with van der Waals surface area (Å²) in [6, 6.07) is 18.7. The standard InChI is InChI=1S/C23H26N2O3.C17H16N2O5.C17H17N2O4.C12H14BrN2O2/c1-24-23(27)18(15-6-3-2-4-7-15)13-20(26)22-11-10-21(28-22)19-12-16-8-5-9-17(16)14-25-19;1-17(2,3)24-16(22)19-7-6-10-9-18-11(8-12(10)19)13-4-5-14(23-13)15(20)21;1-17(2,3)23-16(21)19-7-6-11-9-18-13(8-14(11)19)15-5-4-12(10-20)22-15;1-12(2,3)17-11(16)15-5-4-9-10(15)6-8(13)7-14-9/h5,9-12,14-15,18H,2-4,6-8,13H2,1H3,(H,24,27);4-9H,1-3H3,(H,20,21);4-5,7-10H,6H2,1-3H3;5-7H,4H2,1-3H3/q;;2*+1/t18-;;;/m0.../s1. The predicted octanol–water partition coefficient (Wildman–Crippen LogP) is 14.6. The maximum atomic E-state index is 12.8. The number of nitrogens with zero attached hydrogens (tertiary/aromatic N) is 7. The molecule has 0 aromatic carbocycles. The number of hydrogen-bond donors (Lipinski definition) is 2. The highest BCUT2D eigenvalue weighted by Gasteiger charge is 2.37. The second-order valence-electron chi connectivity index (χ2n) is 25.2. The van der Waals surface area contributed by atoms with Crippen molar-refractivity contribution in [2.75, 3.05) is 7.05 Å². The first-order valence-electron chi connectivity index (χ1n) is 30.1. The first-order chi connectivity index (χ1) is 43.6. The van der Waals surface area contributed by atoms with E-state index in [2.05, 4.69) is 53.3 Å². The fourth-order valence-electron chi connectivity index (χ4n) is 10.5. The Labute approximate surface area is 539 Å². The van der Waals surface area contributed by atoms with Crippen molar-refractivity contribution >= 4 is 98.9 Å². The van der Waals surface area contributed by atoms with Gasteiger partial charge in [0.15, 0.2) is 53.3 Å². The Morgan fingerprint density at radius 2 is 1.27 bits per heavy atom. The molecule has 8 aromatic heterocycles. The van der Waals surface area contributed by atoms with Crippen LogP contribution in [-0.2, 0) is 38.3 Å². The van der Waals surface area contributed by atoms with Crippen LogP contribution in [0.5, 0.6) is 0 Å². The fourth-order valence-corrected chi connectivity index (χ4v) is 10.8. The van der Waals surface area contributed by atoms with Crippen LogP contribution in [0.2, 0.25) is 0 Å². The Kier molecular flexibility index (Phi) is 20.4. The smallest absolute Gasteiger partial charge is 0.475 e. The summed E-state index contributed by atoms with van der Waals surface area (Å²) >= 11 is 3.35. The third kappa shape index (κ3) is 16.8. The van der Waals surface area contributed by atoms with Gasteiger partial charge in [0.2, 0.25) is 23.0 Å². The summed E-state index contributed by atoms with van der Waals surface area (Å²) < 4.78 is 37.8. The number of pyridine rings is 4. The third-order valence-electron chi connectivity index (χ3n) is 14.8. The lowest BCUT2D eigenvalue weighted by atomic mass is 9.77. The van der Waals surface area contributed by atoms with Crippen LogP contribution in [0.4, 0.5) is 25.8 Å². The molecule has 2 aliphatic heterocycles. The van der Waals surface area contributed by atoms with E-state index in [1.807, 2.05) is 59.9 Å². The lowest BCUT2D eigenvalue weighted by Crippen LogP contribution is -2.35. The van der Waals surface area contributed by atoms with Crippen LogP contribution >= 0.6 is 15.9 Å². The van der Waals surface area contributed by atoms with E-state index >= 15 is 0 Å². The molecule has 23 heteroatoms. The molecule has 478 valence electrons. The lowest BCUT2D eigenvalue weighted by molar-refractivity contribution is -0.356. The molecule has 10 heterocycles. The van der Waals surface area contributed by atoms with Crippen LogP contribution in [0.25, 0.3) is 51.3 Å². The number of Topliss-reactive ketones (excluding diaryl/α,β-unsaturated/α-hetero) is 1. The Bertz CT molecular complexity index is 4210. The molecular formula is C69H73BrN8O14+2. The number of allylic oxidation sites excluding steroid dienone is 1. The molecule has 0 bridgehead atoms. The van der Waals surface area contributed by atoms with Crippen LogP contribution in [0.1, 0.15) is 155 Å². The molecule has 22 nitrogen and oxygen atoms in total. The minimum atomic E-state index is -1.15. The number of carbonyl (C=O) groups excluding carboxylic acids is 6. The van der Waals surface area contributed by atoms with E-state index in [9.17, 15) is 33.6 Å². The highest BCUT2D eigenvalue weighted by atomic mass is 79.9. The summed E-state index contributed by atoms with van der Waals surface area (Å²) in [4.78, 5) is 101. The van der Waals surface area contributed by atoms with Gasteiger partial charge in [-0.1, -0.05) is 40.6 Å². The largest absolute Gasteiger partial charge is 0.602 e. The van der Waals surface area contributed by atoms with Gasteiger partial charge in [-0.25, -0.2) is 9.59 Å². The zero-order valence-electron chi connectivity index (χ0n) is 52.9. The van der Waals surface area contributed by atoms with E-state index in [1.165, 1.54) is 37.8 Å².